The van der Waals surface area contributed by atoms with Gasteiger partial charge in [0.25, 0.3) is 0 Å². The fraction of sp³-hybridized carbons (Fsp3) is 0.259. The minimum atomic E-state index is -0.647. The van der Waals surface area contributed by atoms with E-state index in [0.717, 1.165) is 0 Å². The van der Waals surface area contributed by atoms with Crippen LogP contribution in [0.25, 0.3) is 21.9 Å². The predicted molar refractivity (Wildman–Crippen MR) is 116 cm³/mol. The molecule has 6 rings (SSSR count). The van der Waals surface area contributed by atoms with E-state index in [4.69, 9.17) is 0 Å². The first-order chi connectivity index (χ1) is 13.9. The molecule has 1 saturated carbocycles. The molecule has 1 fully saturated rings. The topological polar surface area (TPSA) is 0 Å². The number of hydrogen-bond donors (Lipinski definition) is 0. The normalized spacial score (nSPS) is 17.6. The van der Waals surface area contributed by atoms with E-state index in [2.05, 4.69) is 78.9 Å². The number of fused-ring (bicyclic) bond motifs is 4. The van der Waals surface area contributed by atoms with Crippen molar-refractivity contribution in [3.8, 4) is 11.1 Å². The summed E-state index contributed by atoms with van der Waals surface area (Å²) in [5.41, 5.74) is 6.07. The van der Waals surface area contributed by atoms with Crippen LogP contribution in [0.3, 0.4) is 0 Å². The average Bonchev–Trinajstić information content (AvgIpc) is 3.51. The molecule has 0 nitrogen and oxygen atoms in total. The minimum Gasteiger partial charge on any atom is -1.00 e. The fourth-order valence-electron chi connectivity index (χ4n) is 4.67. The third-order valence-electron chi connectivity index (χ3n) is 6.14. The third-order valence-corrected chi connectivity index (χ3v) is 10.2. The van der Waals surface area contributed by atoms with Crippen molar-refractivity contribution in [2.24, 2.45) is 0 Å². The fourth-order valence-corrected chi connectivity index (χ4v) is 8.60. The SMILES string of the molecule is C1=CC[C]([Zr+2][CH]2c3ccccc3-c3cc4ccccc4cc32)=C1.C1CCCC1.[Cl-].[Cl-]. The third kappa shape index (κ3) is 4.85. The van der Waals surface area contributed by atoms with Crippen LogP contribution in [-0.4, -0.2) is 0 Å². The van der Waals surface area contributed by atoms with Crippen molar-refractivity contribution in [2.75, 3.05) is 0 Å². The summed E-state index contributed by atoms with van der Waals surface area (Å²) in [4.78, 5) is 0. The van der Waals surface area contributed by atoms with Gasteiger partial charge in [-0.15, -0.1) is 0 Å². The second-order valence-corrected chi connectivity index (χ2v) is 11.8. The number of rotatable bonds is 2. The molecule has 0 amide bonds. The summed E-state index contributed by atoms with van der Waals surface area (Å²) in [7, 11) is 0. The zero-order valence-electron chi connectivity index (χ0n) is 17.1. The van der Waals surface area contributed by atoms with Crippen molar-refractivity contribution in [1.82, 2.24) is 0 Å². The maximum absolute atomic E-state index is 2.46. The van der Waals surface area contributed by atoms with Crippen LogP contribution in [0.1, 0.15) is 53.3 Å². The van der Waals surface area contributed by atoms with E-state index in [0.29, 0.717) is 3.63 Å². The quantitative estimate of drug-likeness (QED) is 0.492. The Morgan fingerprint density at radius 3 is 1.97 bits per heavy atom. The molecule has 0 spiro atoms. The maximum Gasteiger partial charge on any atom is -0.0533 e. The summed E-state index contributed by atoms with van der Waals surface area (Å²) >= 11 is -0.647. The van der Waals surface area contributed by atoms with Crippen molar-refractivity contribution in [2.45, 2.75) is 42.2 Å². The zero-order chi connectivity index (χ0) is 18.8. The van der Waals surface area contributed by atoms with Crippen LogP contribution in [0.4, 0.5) is 0 Å². The van der Waals surface area contributed by atoms with E-state index in [1.165, 1.54) is 60.4 Å². The largest absolute Gasteiger partial charge is 1.00 e. The summed E-state index contributed by atoms with van der Waals surface area (Å²) in [6.07, 6.45) is 15.6. The van der Waals surface area contributed by atoms with Gasteiger partial charge in [0.15, 0.2) is 0 Å². The van der Waals surface area contributed by atoms with Crippen molar-refractivity contribution in [1.29, 1.82) is 0 Å². The molecule has 0 saturated heterocycles. The van der Waals surface area contributed by atoms with Crippen LogP contribution in [0.2, 0.25) is 0 Å². The molecular weight excluding hydrogens is 486 g/mol. The minimum absolute atomic E-state index is 0. The van der Waals surface area contributed by atoms with Gasteiger partial charge in [-0.1, -0.05) is 32.1 Å². The molecule has 3 aliphatic rings. The van der Waals surface area contributed by atoms with Gasteiger partial charge in [0.05, 0.1) is 0 Å². The van der Waals surface area contributed by atoms with Gasteiger partial charge in [-0.2, -0.15) is 0 Å². The molecule has 1 atom stereocenters. The van der Waals surface area contributed by atoms with Gasteiger partial charge >= 0.3 is 148 Å². The Morgan fingerprint density at radius 2 is 1.30 bits per heavy atom. The summed E-state index contributed by atoms with van der Waals surface area (Å²) in [6, 6.07) is 22.7. The summed E-state index contributed by atoms with van der Waals surface area (Å²) in [6.45, 7) is 0. The molecule has 152 valence electrons. The number of hydrogen-bond acceptors (Lipinski definition) is 0. The Hall–Kier alpha value is -1.14. The Morgan fingerprint density at radius 1 is 0.667 bits per heavy atom. The number of halogens is 2. The summed E-state index contributed by atoms with van der Waals surface area (Å²) < 4.78 is 2.38. The molecule has 0 aliphatic heterocycles. The van der Waals surface area contributed by atoms with E-state index in [1.54, 1.807) is 14.4 Å². The monoisotopic (exact) mass is 510 g/mol. The molecule has 1 unspecified atom stereocenters. The predicted octanol–water partition coefficient (Wildman–Crippen LogP) is 1.79. The van der Waals surface area contributed by atoms with E-state index in [-0.39, 0.29) is 24.8 Å². The Balaban J connectivity index is 0.000000325. The maximum atomic E-state index is 2.46. The van der Waals surface area contributed by atoms with Gasteiger partial charge in [0.1, 0.15) is 0 Å². The van der Waals surface area contributed by atoms with Crippen LogP contribution < -0.4 is 24.8 Å². The van der Waals surface area contributed by atoms with Crippen LogP contribution in [-0.2, 0) is 23.2 Å². The summed E-state index contributed by atoms with van der Waals surface area (Å²) in [5, 5.41) is 2.73. The molecule has 0 N–H and O–H groups in total. The molecule has 3 aromatic carbocycles. The van der Waals surface area contributed by atoms with Gasteiger partial charge in [-0.25, -0.2) is 0 Å². The summed E-state index contributed by atoms with van der Waals surface area (Å²) in [5.74, 6) is 0. The molecule has 0 radical (unpaired) electrons. The van der Waals surface area contributed by atoms with Crippen LogP contribution in [0.15, 0.2) is 82.2 Å². The number of benzene rings is 3. The van der Waals surface area contributed by atoms with Gasteiger partial charge in [0.2, 0.25) is 0 Å². The molecule has 3 aromatic rings. The molecule has 30 heavy (non-hydrogen) atoms. The second kappa shape index (κ2) is 10.9. The van der Waals surface area contributed by atoms with E-state index < -0.39 is 23.2 Å². The van der Waals surface area contributed by atoms with E-state index in [1.807, 2.05) is 0 Å². The van der Waals surface area contributed by atoms with Gasteiger partial charge in [-0.05, 0) is 0 Å². The molecule has 0 bridgehead atoms. The standard InChI is InChI=1S/C17H11.C5H10.C5H5.2ClH.Zr/c1-2-6-13-11-17-15(9-12(13)5-1)10-14-7-3-4-8-16(14)17;2*1-2-4-5-3-1;;;/h1-11H;1-5H2;1-3H,4H2;2*1H;/q;;;;;+2/p-2. The van der Waals surface area contributed by atoms with Crippen molar-refractivity contribution < 1.29 is 48.0 Å². The van der Waals surface area contributed by atoms with Crippen LogP contribution >= 0.6 is 0 Å². The molecule has 0 aromatic heterocycles. The van der Waals surface area contributed by atoms with Gasteiger partial charge in [0, 0.05) is 0 Å². The molecule has 0 heterocycles. The second-order valence-electron chi connectivity index (χ2n) is 8.04. The first kappa shape index (κ1) is 23.5. The Kier molecular flexibility index (Phi) is 8.58. The molecular formula is C27H26Cl2Zr. The zero-order valence-corrected chi connectivity index (χ0v) is 21.1. The molecule has 3 aliphatic carbocycles. The average molecular weight is 513 g/mol. The van der Waals surface area contributed by atoms with Crippen molar-refractivity contribution >= 4 is 10.8 Å². The smallest absolute Gasteiger partial charge is 0.0533 e. The van der Waals surface area contributed by atoms with Gasteiger partial charge in [-0.3, -0.25) is 0 Å². The first-order valence-electron chi connectivity index (χ1n) is 10.6. The number of allylic oxidation sites excluding steroid dienone is 4. The van der Waals surface area contributed by atoms with Crippen LogP contribution in [0.5, 0.6) is 0 Å². The first-order valence-corrected chi connectivity index (χ1v) is 13.3. The van der Waals surface area contributed by atoms with E-state index in [9.17, 15) is 0 Å². The Bertz CT molecular complexity index is 1060. The molecule has 3 heteroatoms. The van der Waals surface area contributed by atoms with Gasteiger partial charge < -0.3 is 24.8 Å². The van der Waals surface area contributed by atoms with Crippen molar-refractivity contribution in [3.05, 3.63) is 93.3 Å². The Labute approximate surface area is 204 Å². The van der Waals surface area contributed by atoms with Crippen LogP contribution in [0, 0.1) is 0 Å². The van der Waals surface area contributed by atoms with E-state index >= 15 is 0 Å². The van der Waals surface area contributed by atoms with Crippen molar-refractivity contribution in [3.63, 3.8) is 0 Å².